The number of hydrogen-bond donors (Lipinski definition) is 1. The average Bonchev–Trinajstić information content (AvgIpc) is 3.40. The van der Waals surface area contributed by atoms with Gasteiger partial charge in [0.05, 0.1) is 11.7 Å². The van der Waals surface area contributed by atoms with Crippen molar-refractivity contribution in [2.24, 2.45) is 5.41 Å². The van der Waals surface area contributed by atoms with Crippen LogP contribution in [0, 0.1) is 12.3 Å². The molecule has 2 aromatic rings. The van der Waals surface area contributed by atoms with Gasteiger partial charge in [0.15, 0.2) is 0 Å². The standard InChI is InChI=1S/C22H22N2O3/c1-3-4-16-17(10-9-15-7-5-14(2)6-8-15)23-19-11-12-22(21(26)27)13-18(22)24(19)20(16)25/h5-12,18H,3-4,13H2,1-2H3,(H,26,27)/b10-9+. The molecular weight excluding hydrogens is 340 g/mol. The molecule has 0 saturated heterocycles. The quantitative estimate of drug-likeness (QED) is 0.880. The van der Waals surface area contributed by atoms with E-state index in [1.807, 2.05) is 50.3 Å². The van der Waals surface area contributed by atoms with E-state index in [9.17, 15) is 14.7 Å². The molecule has 1 aliphatic heterocycles. The lowest BCUT2D eigenvalue weighted by Gasteiger charge is -2.19. The van der Waals surface area contributed by atoms with Gasteiger partial charge in [0.2, 0.25) is 0 Å². The number of fused-ring (bicyclic) bond motifs is 3. The van der Waals surface area contributed by atoms with Crippen molar-refractivity contribution in [3.05, 3.63) is 68.9 Å². The molecule has 0 radical (unpaired) electrons. The molecule has 2 heterocycles. The first-order chi connectivity index (χ1) is 13.0. The summed E-state index contributed by atoms with van der Waals surface area (Å²) in [5, 5.41) is 9.51. The van der Waals surface area contributed by atoms with E-state index >= 15 is 0 Å². The van der Waals surface area contributed by atoms with Gasteiger partial charge >= 0.3 is 5.97 Å². The summed E-state index contributed by atoms with van der Waals surface area (Å²) in [6.45, 7) is 4.07. The Hall–Kier alpha value is -2.95. The fourth-order valence-electron chi connectivity index (χ4n) is 3.78. The summed E-state index contributed by atoms with van der Waals surface area (Å²) in [5.74, 6) is -0.329. The Labute approximate surface area is 157 Å². The van der Waals surface area contributed by atoms with Gasteiger partial charge in [-0.1, -0.05) is 55.3 Å². The number of carboxylic acid groups (broad SMARTS) is 1. The van der Waals surface area contributed by atoms with Crippen LogP contribution in [0.5, 0.6) is 0 Å². The summed E-state index contributed by atoms with van der Waals surface area (Å²) in [6, 6.07) is 7.83. The molecule has 1 aromatic heterocycles. The summed E-state index contributed by atoms with van der Waals surface area (Å²) in [5.41, 5.74) is 2.53. The molecule has 2 aliphatic rings. The van der Waals surface area contributed by atoms with E-state index in [1.165, 1.54) is 5.56 Å². The summed E-state index contributed by atoms with van der Waals surface area (Å²) in [6.07, 6.45) is 9.12. The Balaban J connectivity index is 1.78. The number of benzene rings is 1. The zero-order valence-electron chi connectivity index (χ0n) is 15.5. The van der Waals surface area contributed by atoms with Crippen molar-refractivity contribution >= 4 is 24.2 Å². The fourth-order valence-corrected chi connectivity index (χ4v) is 3.78. The third kappa shape index (κ3) is 2.83. The van der Waals surface area contributed by atoms with Gasteiger partial charge in [-0.05, 0) is 37.5 Å². The Morgan fingerprint density at radius 1 is 1.33 bits per heavy atom. The number of aryl methyl sites for hydroxylation is 1. The van der Waals surface area contributed by atoms with E-state index in [4.69, 9.17) is 0 Å². The van der Waals surface area contributed by atoms with Crippen molar-refractivity contribution < 1.29 is 9.90 Å². The zero-order chi connectivity index (χ0) is 19.2. The molecule has 0 bridgehead atoms. The van der Waals surface area contributed by atoms with Crippen molar-refractivity contribution in [3.8, 4) is 0 Å². The van der Waals surface area contributed by atoms with Crippen LogP contribution in [0.3, 0.4) is 0 Å². The Kier molecular flexibility index (Phi) is 4.10. The van der Waals surface area contributed by atoms with E-state index < -0.39 is 11.4 Å². The number of carboxylic acids is 1. The van der Waals surface area contributed by atoms with E-state index in [-0.39, 0.29) is 11.6 Å². The van der Waals surface area contributed by atoms with E-state index in [0.717, 1.165) is 12.0 Å². The molecule has 5 nitrogen and oxygen atoms in total. The summed E-state index contributed by atoms with van der Waals surface area (Å²) in [4.78, 5) is 29.4. The lowest BCUT2D eigenvalue weighted by molar-refractivity contribution is -0.141. The number of hydrogen-bond acceptors (Lipinski definition) is 3. The van der Waals surface area contributed by atoms with Gasteiger partial charge in [-0.25, -0.2) is 4.98 Å². The SMILES string of the molecule is CCCc1c(/C=C/c2ccc(C)cc2)nc2n(c1=O)C1CC1(C(=O)O)C=C2. The van der Waals surface area contributed by atoms with Gasteiger partial charge in [-0.15, -0.1) is 0 Å². The molecule has 138 valence electrons. The van der Waals surface area contributed by atoms with Crippen molar-refractivity contribution in [1.29, 1.82) is 0 Å². The molecule has 2 atom stereocenters. The zero-order valence-corrected chi connectivity index (χ0v) is 15.5. The first kappa shape index (κ1) is 17.5. The Morgan fingerprint density at radius 3 is 2.74 bits per heavy atom. The predicted molar refractivity (Wildman–Crippen MR) is 105 cm³/mol. The normalized spacial score (nSPS) is 22.5. The second-order valence-electron chi connectivity index (χ2n) is 7.40. The minimum atomic E-state index is -0.929. The molecule has 27 heavy (non-hydrogen) atoms. The molecule has 2 unspecified atom stereocenters. The lowest BCUT2D eigenvalue weighted by atomic mass is 10.0. The third-order valence-corrected chi connectivity index (χ3v) is 5.48. The van der Waals surface area contributed by atoms with Crippen molar-refractivity contribution in [2.75, 3.05) is 0 Å². The van der Waals surface area contributed by atoms with Gasteiger partial charge < -0.3 is 5.11 Å². The van der Waals surface area contributed by atoms with Crippen LogP contribution in [0.4, 0.5) is 0 Å². The average molecular weight is 362 g/mol. The maximum absolute atomic E-state index is 13.1. The van der Waals surface area contributed by atoms with Crippen LogP contribution < -0.4 is 5.56 Å². The minimum absolute atomic E-state index is 0.108. The number of rotatable bonds is 5. The van der Waals surface area contributed by atoms with E-state index in [2.05, 4.69) is 4.98 Å². The highest BCUT2D eigenvalue weighted by molar-refractivity contribution is 5.84. The molecule has 0 spiro atoms. The van der Waals surface area contributed by atoms with Gasteiger partial charge in [-0.3, -0.25) is 14.2 Å². The van der Waals surface area contributed by atoms with Crippen LogP contribution in [0.1, 0.15) is 54.0 Å². The first-order valence-electron chi connectivity index (χ1n) is 9.29. The number of aliphatic carboxylic acids is 1. The third-order valence-electron chi connectivity index (χ3n) is 5.48. The van der Waals surface area contributed by atoms with Gasteiger partial charge in [0.25, 0.3) is 5.56 Å². The monoisotopic (exact) mass is 362 g/mol. The van der Waals surface area contributed by atoms with Gasteiger partial charge in [-0.2, -0.15) is 0 Å². The van der Waals surface area contributed by atoms with Crippen LogP contribution >= 0.6 is 0 Å². The molecule has 1 saturated carbocycles. The Bertz CT molecular complexity index is 1030. The first-order valence-corrected chi connectivity index (χ1v) is 9.29. The molecule has 5 heteroatoms. The van der Waals surface area contributed by atoms with Crippen molar-refractivity contribution in [1.82, 2.24) is 9.55 Å². The van der Waals surface area contributed by atoms with Crippen molar-refractivity contribution in [2.45, 2.75) is 39.2 Å². The summed E-state index contributed by atoms with van der Waals surface area (Å²) < 4.78 is 1.59. The molecular formula is C22H22N2O3. The van der Waals surface area contributed by atoms with Crippen LogP contribution in [-0.4, -0.2) is 20.6 Å². The van der Waals surface area contributed by atoms with E-state index in [1.54, 1.807) is 16.7 Å². The topological polar surface area (TPSA) is 72.2 Å². The molecule has 4 rings (SSSR count). The second kappa shape index (κ2) is 6.34. The van der Waals surface area contributed by atoms with Crippen LogP contribution in [0.2, 0.25) is 0 Å². The lowest BCUT2D eigenvalue weighted by Crippen LogP contribution is -2.32. The van der Waals surface area contributed by atoms with Crippen LogP contribution in [0.25, 0.3) is 18.2 Å². The fraction of sp³-hybridized carbons (Fsp3) is 0.318. The highest BCUT2D eigenvalue weighted by Gasteiger charge is 2.62. The van der Waals surface area contributed by atoms with E-state index in [0.29, 0.717) is 29.9 Å². The highest BCUT2D eigenvalue weighted by Crippen LogP contribution is 2.59. The highest BCUT2D eigenvalue weighted by atomic mass is 16.4. The Morgan fingerprint density at radius 2 is 2.07 bits per heavy atom. The smallest absolute Gasteiger partial charge is 0.315 e. The van der Waals surface area contributed by atoms with Gasteiger partial charge in [0, 0.05) is 5.56 Å². The van der Waals surface area contributed by atoms with Gasteiger partial charge in [0.1, 0.15) is 11.2 Å². The van der Waals surface area contributed by atoms with Crippen LogP contribution in [-0.2, 0) is 11.2 Å². The summed E-state index contributed by atoms with van der Waals surface area (Å²) >= 11 is 0. The summed E-state index contributed by atoms with van der Waals surface area (Å²) in [7, 11) is 0. The molecule has 1 aliphatic carbocycles. The molecule has 0 amide bonds. The van der Waals surface area contributed by atoms with Crippen LogP contribution in [0.15, 0.2) is 35.1 Å². The maximum atomic E-state index is 13.1. The molecule has 1 fully saturated rings. The maximum Gasteiger partial charge on any atom is 0.315 e. The number of nitrogens with zero attached hydrogens (tertiary/aromatic N) is 2. The minimum Gasteiger partial charge on any atom is -0.481 e. The molecule has 1 aromatic carbocycles. The number of carbonyl (C=O) groups is 1. The second-order valence-corrected chi connectivity index (χ2v) is 7.40. The molecule has 1 N–H and O–H groups in total. The van der Waals surface area contributed by atoms with Crippen molar-refractivity contribution in [3.63, 3.8) is 0 Å². The number of aromatic nitrogens is 2. The largest absolute Gasteiger partial charge is 0.481 e. The predicted octanol–water partition coefficient (Wildman–Crippen LogP) is 3.72.